The number of amides is 1. The fraction of sp³-hybridized carbons (Fsp3) is 0.711. The van der Waals surface area contributed by atoms with Crippen molar-refractivity contribution in [2.75, 3.05) is 5.32 Å². The average molecular weight is 635 g/mol. The number of anilines is 1. The molecule has 0 spiro atoms. The van der Waals surface area contributed by atoms with Gasteiger partial charge in [0.1, 0.15) is 11.8 Å². The van der Waals surface area contributed by atoms with E-state index < -0.39 is 10.6 Å². The summed E-state index contributed by atoms with van der Waals surface area (Å²) in [5, 5.41) is 23.5. The van der Waals surface area contributed by atoms with Gasteiger partial charge in [-0.1, -0.05) is 66.2 Å². The summed E-state index contributed by atoms with van der Waals surface area (Å²) in [5.74, 6) is 0.0973. The van der Waals surface area contributed by atoms with Crippen LogP contribution in [0.5, 0.6) is 0 Å². The van der Waals surface area contributed by atoms with Crippen molar-refractivity contribution in [1.29, 1.82) is 0 Å². The number of allylic oxidation sites excluding steroid dienone is 2. The van der Waals surface area contributed by atoms with Gasteiger partial charge in [0, 0.05) is 29.7 Å². The summed E-state index contributed by atoms with van der Waals surface area (Å²) in [4.78, 5) is 40.7. The Morgan fingerprint density at radius 3 is 2.30 bits per heavy atom. The van der Waals surface area contributed by atoms with Gasteiger partial charge in [-0.15, -0.1) is 0 Å². The number of carbonyl (C=O) groups is 3. The van der Waals surface area contributed by atoms with Crippen molar-refractivity contribution >= 4 is 29.0 Å². The Balaban J connectivity index is 1.34. The van der Waals surface area contributed by atoms with Crippen molar-refractivity contribution in [1.82, 2.24) is 0 Å². The van der Waals surface area contributed by atoms with Gasteiger partial charge >= 0.3 is 5.97 Å². The molecule has 3 N–H and O–H groups in total. The summed E-state index contributed by atoms with van der Waals surface area (Å²) < 4.78 is 5.86. The van der Waals surface area contributed by atoms with E-state index in [1.54, 1.807) is 18.2 Å². The van der Waals surface area contributed by atoms with Gasteiger partial charge in [0.15, 0.2) is 11.5 Å². The zero-order valence-electron chi connectivity index (χ0n) is 29.0. The molecule has 4 saturated carbocycles. The molecule has 0 bridgehead atoms. The summed E-state index contributed by atoms with van der Waals surface area (Å²) in [6, 6.07) is 6.57. The van der Waals surface area contributed by atoms with Crippen LogP contribution in [0.3, 0.4) is 0 Å². The molecule has 0 aromatic heterocycles. The van der Waals surface area contributed by atoms with E-state index in [4.69, 9.17) is 4.74 Å². The molecule has 46 heavy (non-hydrogen) atoms. The molecule has 1 aromatic rings. The smallest absolute Gasteiger partial charge is 0.302 e. The van der Waals surface area contributed by atoms with Crippen LogP contribution in [-0.4, -0.2) is 29.0 Å². The molecule has 6 rings (SSSR count). The molecule has 4 fully saturated rings. The van der Waals surface area contributed by atoms with Crippen molar-refractivity contribution < 1.29 is 29.6 Å². The zero-order chi connectivity index (χ0) is 33.7. The van der Waals surface area contributed by atoms with Crippen LogP contribution in [0.25, 0.3) is 0 Å². The Morgan fingerprint density at radius 1 is 0.957 bits per heavy atom. The minimum atomic E-state index is -1.07. The molecule has 0 heterocycles. The molecule has 1 unspecified atom stereocenters. The third-order valence-corrected chi connectivity index (χ3v) is 14.8. The maximum atomic E-state index is 14.7. The Labute approximate surface area is 274 Å². The van der Waals surface area contributed by atoms with E-state index in [1.807, 2.05) is 13.0 Å². The first-order valence-corrected chi connectivity index (χ1v) is 17.4. The van der Waals surface area contributed by atoms with Crippen LogP contribution in [0.1, 0.15) is 113 Å². The number of rotatable bonds is 4. The van der Waals surface area contributed by atoms with Gasteiger partial charge in [-0.2, -0.15) is 5.23 Å². The molecule has 0 saturated heterocycles. The lowest BCUT2D eigenvalue weighted by atomic mass is 9.33. The second-order valence-corrected chi connectivity index (χ2v) is 17.5. The van der Waals surface area contributed by atoms with Crippen LogP contribution in [0, 0.1) is 55.5 Å². The van der Waals surface area contributed by atoms with Gasteiger partial charge in [-0.3, -0.25) is 14.4 Å². The number of benzene rings is 1. The fourth-order valence-electron chi connectivity index (χ4n) is 11.8. The normalized spacial score (nSPS) is 43.5. The molecular weight excluding hydrogens is 580 g/mol. The molecule has 0 aliphatic heterocycles. The first-order valence-electron chi connectivity index (χ1n) is 17.4. The van der Waals surface area contributed by atoms with Crippen LogP contribution in [0.15, 0.2) is 35.9 Å². The molecular formula is C38H54N2O6. The molecule has 0 radical (unpaired) electrons. The minimum Gasteiger partial charge on any atom is -0.595 e. The van der Waals surface area contributed by atoms with Crippen molar-refractivity contribution in [3.63, 3.8) is 0 Å². The summed E-state index contributed by atoms with van der Waals surface area (Å²) in [6.07, 6.45) is 9.78. The number of ketones is 1. The van der Waals surface area contributed by atoms with E-state index in [-0.39, 0.29) is 74.3 Å². The predicted octanol–water partition coefficient (Wildman–Crippen LogP) is 6.94. The molecule has 5 aliphatic carbocycles. The highest BCUT2D eigenvalue weighted by molar-refractivity contribution is 5.97. The van der Waals surface area contributed by atoms with Crippen LogP contribution in [0.2, 0.25) is 0 Å². The van der Waals surface area contributed by atoms with Crippen molar-refractivity contribution in [2.45, 2.75) is 119 Å². The standard InChI is InChI=1S/C38H54N2O6/c1-23(41)46-30-14-15-36(6)29(33(30,2)3)13-16-38(8)31(36)28(42)21-24-25-22-35(5,18-17-34(25,4)19-20-37(24,38)7)32(43)39-26-11-9-10-12-27(26)40(44)45/h9-12,21,25,29-31,40,44H,13-20,22H2,1-8H3,(H,39,43)/t25-,29+,30+,31+,34+,35+,36+,37-,38+/m0/s1. The average Bonchev–Trinajstić information content (AvgIpc) is 2.96. The van der Waals surface area contributed by atoms with Gasteiger partial charge in [0.2, 0.25) is 5.91 Å². The van der Waals surface area contributed by atoms with Gasteiger partial charge < -0.3 is 15.3 Å². The van der Waals surface area contributed by atoms with E-state index in [0.29, 0.717) is 12.1 Å². The minimum absolute atomic E-state index is 0.00122. The van der Waals surface area contributed by atoms with Crippen LogP contribution < -0.4 is 10.5 Å². The van der Waals surface area contributed by atoms with Crippen LogP contribution in [-0.2, 0) is 19.1 Å². The summed E-state index contributed by atoms with van der Waals surface area (Å²) in [5.41, 5.74) is 0.123. The lowest BCUT2D eigenvalue weighted by Gasteiger charge is -2.70. The number of hydrogen-bond donors (Lipinski definition) is 3. The third-order valence-electron chi connectivity index (χ3n) is 14.8. The zero-order valence-corrected chi connectivity index (χ0v) is 29.0. The summed E-state index contributed by atoms with van der Waals surface area (Å²) >= 11 is 0. The number of hydrogen-bond acceptors (Lipinski definition) is 6. The highest BCUT2D eigenvalue weighted by atomic mass is 16.8. The topological polar surface area (TPSA) is 120 Å². The predicted molar refractivity (Wildman–Crippen MR) is 176 cm³/mol. The third kappa shape index (κ3) is 4.67. The lowest BCUT2D eigenvalue weighted by molar-refractivity contribution is -0.990. The number of fused-ring (bicyclic) bond motifs is 7. The fourth-order valence-corrected chi connectivity index (χ4v) is 11.8. The van der Waals surface area contributed by atoms with E-state index >= 15 is 0 Å². The molecule has 8 nitrogen and oxygen atoms in total. The van der Waals surface area contributed by atoms with Gasteiger partial charge in [0.25, 0.3) is 0 Å². The van der Waals surface area contributed by atoms with Crippen LogP contribution in [0.4, 0.5) is 11.4 Å². The number of para-hydroxylation sites is 2. The summed E-state index contributed by atoms with van der Waals surface area (Å²) in [7, 11) is 0. The second kappa shape index (κ2) is 10.7. The Hall–Kier alpha value is -2.55. The number of quaternary nitrogens is 1. The number of nitrogens with one attached hydrogen (secondary N) is 2. The number of carbonyl (C=O) groups excluding carboxylic acids is 3. The monoisotopic (exact) mass is 634 g/mol. The van der Waals surface area contributed by atoms with E-state index in [2.05, 4.69) is 46.9 Å². The SMILES string of the molecule is CC(=O)O[C@@H]1CC[C@]2(C)[C@H](CC[C@]3(C)[C@@H]2C(=O)C=C2[C@@H]4C[C@](C)(C(=O)Nc5ccccc5[NH+]([O-])O)CC[C@]4(C)CC[C@@]23C)C1(C)C. The summed E-state index contributed by atoms with van der Waals surface area (Å²) in [6.45, 7) is 17.5. The first kappa shape index (κ1) is 33.4. The quantitative estimate of drug-likeness (QED) is 0.244. The van der Waals surface area contributed by atoms with Crippen molar-refractivity contribution in [3.8, 4) is 0 Å². The Bertz CT molecular complexity index is 1480. The van der Waals surface area contributed by atoms with Crippen molar-refractivity contribution in [3.05, 3.63) is 41.1 Å². The van der Waals surface area contributed by atoms with Gasteiger partial charge in [-0.05, 0) is 103 Å². The second-order valence-electron chi connectivity index (χ2n) is 17.5. The lowest BCUT2D eigenvalue weighted by Crippen LogP contribution is -2.99. The molecule has 252 valence electrons. The molecule has 5 aliphatic rings. The first-order chi connectivity index (χ1) is 21.3. The molecule has 1 amide bonds. The van der Waals surface area contributed by atoms with Gasteiger partial charge in [-0.25, -0.2) is 5.21 Å². The number of ether oxygens (including phenoxy) is 1. The molecule has 10 atom stereocenters. The largest absolute Gasteiger partial charge is 0.595 e. The van der Waals surface area contributed by atoms with Gasteiger partial charge in [0.05, 0.1) is 0 Å². The number of esters is 1. The Kier molecular flexibility index (Phi) is 7.78. The van der Waals surface area contributed by atoms with Crippen LogP contribution >= 0.6 is 0 Å². The van der Waals surface area contributed by atoms with Crippen molar-refractivity contribution in [2.24, 2.45) is 50.2 Å². The maximum absolute atomic E-state index is 14.7. The van der Waals surface area contributed by atoms with E-state index in [1.165, 1.54) is 18.6 Å². The molecule has 1 aromatic carbocycles. The highest BCUT2D eigenvalue weighted by Gasteiger charge is 2.70. The molecule has 8 heteroatoms. The van der Waals surface area contributed by atoms with E-state index in [0.717, 1.165) is 51.4 Å². The van der Waals surface area contributed by atoms with E-state index in [9.17, 15) is 24.8 Å². The Morgan fingerprint density at radius 2 is 1.63 bits per heavy atom. The highest BCUT2D eigenvalue weighted by Crippen LogP contribution is 2.75. The maximum Gasteiger partial charge on any atom is 0.302 e.